The topological polar surface area (TPSA) is 72.5 Å². The number of ether oxygens (including phenoxy) is 1. The largest absolute Gasteiger partial charge is 0.492 e. The van der Waals surface area contributed by atoms with Crippen LogP contribution in [0.5, 0.6) is 5.75 Å². The molecule has 0 saturated heterocycles. The Balaban J connectivity index is 1.83. The first kappa shape index (κ1) is 19.3. The van der Waals surface area contributed by atoms with Crippen molar-refractivity contribution in [2.24, 2.45) is 0 Å². The van der Waals surface area contributed by atoms with Crippen LogP contribution >= 0.6 is 11.8 Å². The molecule has 0 spiro atoms. The van der Waals surface area contributed by atoms with Crippen molar-refractivity contribution < 1.29 is 22.3 Å². The summed E-state index contributed by atoms with van der Waals surface area (Å²) in [6.07, 6.45) is 1.14. The third kappa shape index (κ3) is 7.57. The first-order chi connectivity index (χ1) is 11.8. The van der Waals surface area contributed by atoms with Gasteiger partial charge in [0.25, 0.3) is 0 Å². The molecule has 0 aromatic heterocycles. The van der Waals surface area contributed by atoms with Crippen molar-refractivity contribution in [1.29, 1.82) is 0 Å². The van der Waals surface area contributed by atoms with Crippen molar-refractivity contribution in [3.05, 3.63) is 54.3 Å². The number of hydrogen-bond acceptors (Lipinski definition) is 5. The van der Waals surface area contributed by atoms with E-state index in [0.29, 0.717) is 11.4 Å². The molecule has 8 heteroatoms. The minimum Gasteiger partial charge on any atom is -0.492 e. The van der Waals surface area contributed by atoms with E-state index in [9.17, 15) is 17.6 Å². The summed E-state index contributed by atoms with van der Waals surface area (Å²) < 4.78 is 40.4. The number of halogens is 1. The number of benzene rings is 2. The summed E-state index contributed by atoms with van der Waals surface area (Å²) in [7, 11) is -3.08. The molecule has 0 aliphatic heterocycles. The van der Waals surface area contributed by atoms with Crippen molar-refractivity contribution in [2.75, 3.05) is 29.7 Å². The van der Waals surface area contributed by atoms with Crippen molar-refractivity contribution in [1.82, 2.24) is 0 Å². The molecule has 0 heterocycles. The maximum absolute atomic E-state index is 12.8. The number of thioether (sulfide) groups is 1. The number of hydrogen-bond donors (Lipinski definition) is 1. The first-order valence-electron chi connectivity index (χ1n) is 7.41. The average molecular weight is 383 g/mol. The van der Waals surface area contributed by atoms with Crippen LogP contribution < -0.4 is 10.1 Å². The molecule has 0 fully saturated rings. The predicted octanol–water partition coefficient (Wildman–Crippen LogP) is 2.98. The lowest BCUT2D eigenvalue weighted by Gasteiger charge is -2.09. The Bertz CT molecular complexity index is 823. The first-order valence-corrected chi connectivity index (χ1v) is 10.5. The van der Waals surface area contributed by atoms with Gasteiger partial charge in [-0.25, -0.2) is 12.8 Å². The summed E-state index contributed by atoms with van der Waals surface area (Å²) in [6, 6.07) is 12.7. The van der Waals surface area contributed by atoms with Crippen LogP contribution in [0, 0.1) is 5.82 Å². The molecule has 2 aromatic rings. The molecule has 0 aliphatic carbocycles. The van der Waals surface area contributed by atoms with Crippen LogP contribution in [0.4, 0.5) is 10.1 Å². The second-order valence-corrected chi connectivity index (χ2v) is 8.61. The molecular formula is C17H18FNO4S2. The summed E-state index contributed by atoms with van der Waals surface area (Å²) in [4.78, 5) is 12.8. The molecule has 134 valence electrons. The van der Waals surface area contributed by atoms with Gasteiger partial charge in [0, 0.05) is 22.9 Å². The van der Waals surface area contributed by atoms with Gasteiger partial charge < -0.3 is 10.1 Å². The Labute approximate surface area is 150 Å². The van der Waals surface area contributed by atoms with Crippen LogP contribution in [0.25, 0.3) is 0 Å². The predicted molar refractivity (Wildman–Crippen MR) is 97.4 cm³/mol. The van der Waals surface area contributed by atoms with Crippen LogP contribution in [0.2, 0.25) is 0 Å². The van der Waals surface area contributed by atoms with Gasteiger partial charge in [0.2, 0.25) is 5.91 Å². The zero-order valence-electron chi connectivity index (χ0n) is 13.6. The van der Waals surface area contributed by atoms with Gasteiger partial charge in [-0.15, -0.1) is 11.8 Å². The third-order valence-corrected chi connectivity index (χ3v) is 4.94. The summed E-state index contributed by atoms with van der Waals surface area (Å²) in [6.45, 7) is 0.0522. The summed E-state index contributed by atoms with van der Waals surface area (Å²) in [5.74, 6) is 0.0691. The van der Waals surface area contributed by atoms with Crippen LogP contribution in [-0.4, -0.2) is 38.7 Å². The highest BCUT2D eigenvalue weighted by Crippen LogP contribution is 2.20. The van der Waals surface area contributed by atoms with E-state index in [2.05, 4.69) is 5.32 Å². The second kappa shape index (κ2) is 8.87. The molecule has 2 aromatic carbocycles. The maximum Gasteiger partial charge on any atom is 0.234 e. The summed E-state index contributed by atoms with van der Waals surface area (Å²) in [5.41, 5.74) is 0.557. The Kier molecular flexibility index (Phi) is 6.83. The number of sulfone groups is 1. The molecule has 1 N–H and O–H groups in total. The summed E-state index contributed by atoms with van der Waals surface area (Å²) in [5, 5.41) is 2.74. The normalized spacial score (nSPS) is 11.1. The number of carbonyl (C=O) groups excluding carboxylic acids is 1. The van der Waals surface area contributed by atoms with Crippen LogP contribution in [-0.2, 0) is 14.6 Å². The highest BCUT2D eigenvalue weighted by molar-refractivity contribution is 8.00. The third-order valence-electron chi connectivity index (χ3n) is 3.02. The lowest BCUT2D eigenvalue weighted by Crippen LogP contribution is -2.14. The van der Waals surface area contributed by atoms with Gasteiger partial charge in [0.05, 0.1) is 11.5 Å². The second-order valence-electron chi connectivity index (χ2n) is 5.30. The van der Waals surface area contributed by atoms with E-state index in [-0.39, 0.29) is 29.8 Å². The number of carbonyl (C=O) groups is 1. The van der Waals surface area contributed by atoms with Gasteiger partial charge in [-0.1, -0.05) is 6.07 Å². The van der Waals surface area contributed by atoms with E-state index in [1.807, 2.05) is 0 Å². The molecular weight excluding hydrogens is 365 g/mol. The zero-order chi connectivity index (χ0) is 18.3. The molecule has 5 nitrogen and oxygen atoms in total. The Morgan fingerprint density at radius 3 is 2.60 bits per heavy atom. The van der Waals surface area contributed by atoms with Crippen LogP contribution in [0.1, 0.15) is 0 Å². The minimum absolute atomic E-state index is 0.0522. The van der Waals surface area contributed by atoms with E-state index in [4.69, 9.17) is 4.74 Å². The number of anilines is 1. The van der Waals surface area contributed by atoms with E-state index in [1.54, 1.807) is 36.4 Å². The Morgan fingerprint density at radius 2 is 1.92 bits per heavy atom. The van der Waals surface area contributed by atoms with Crippen molar-refractivity contribution in [3.63, 3.8) is 0 Å². The van der Waals surface area contributed by atoms with Crippen LogP contribution in [0.3, 0.4) is 0 Å². The highest BCUT2D eigenvalue weighted by atomic mass is 32.2. The smallest absolute Gasteiger partial charge is 0.234 e. The molecule has 0 radical (unpaired) electrons. The van der Waals surface area contributed by atoms with Gasteiger partial charge in [-0.05, 0) is 36.4 Å². The fourth-order valence-corrected chi connectivity index (χ4v) is 2.94. The molecule has 2 rings (SSSR count). The molecule has 0 saturated carbocycles. The van der Waals surface area contributed by atoms with Crippen molar-refractivity contribution in [3.8, 4) is 5.75 Å². The molecule has 0 aliphatic rings. The monoisotopic (exact) mass is 383 g/mol. The van der Waals surface area contributed by atoms with E-state index >= 15 is 0 Å². The minimum atomic E-state index is -3.08. The molecule has 0 unspecified atom stereocenters. The van der Waals surface area contributed by atoms with Gasteiger partial charge in [0.15, 0.2) is 9.84 Å². The van der Waals surface area contributed by atoms with Gasteiger partial charge in [-0.3, -0.25) is 4.79 Å². The van der Waals surface area contributed by atoms with Gasteiger partial charge >= 0.3 is 0 Å². The standard InChI is InChI=1S/C17H18FNO4S2/c1-25(21,22)10-9-23-15-4-2-3-14(11-15)19-17(20)12-24-16-7-5-13(18)6-8-16/h2-8,11H,9-10,12H2,1H3,(H,19,20). The fourth-order valence-electron chi connectivity index (χ4n) is 1.85. The van der Waals surface area contributed by atoms with E-state index in [0.717, 1.165) is 11.2 Å². The maximum atomic E-state index is 12.8. The average Bonchev–Trinajstić information content (AvgIpc) is 2.53. The number of rotatable bonds is 8. The highest BCUT2D eigenvalue weighted by Gasteiger charge is 2.06. The fraction of sp³-hybridized carbons (Fsp3) is 0.235. The zero-order valence-corrected chi connectivity index (χ0v) is 15.2. The van der Waals surface area contributed by atoms with Crippen molar-refractivity contribution >= 4 is 33.2 Å². The van der Waals surface area contributed by atoms with Crippen LogP contribution in [0.15, 0.2) is 53.4 Å². The molecule has 1 amide bonds. The molecule has 0 bridgehead atoms. The van der Waals surface area contributed by atoms with Crippen molar-refractivity contribution in [2.45, 2.75) is 4.90 Å². The number of amides is 1. The SMILES string of the molecule is CS(=O)(=O)CCOc1cccc(NC(=O)CSc2ccc(F)cc2)c1. The Hall–Kier alpha value is -2.06. The lowest BCUT2D eigenvalue weighted by molar-refractivity contribution is -0.113. The summed E-state index contributed by atoms with van der Waals surface area (Å²) >= 11 is 1.30. The van der Waals surface area contributed by atoms with E-state index < -0.39 is 9.84 Å². The molecule has 0 atom stereocenters. The lowest BCUT2D eigenvalue weighted by atomic mass is 10.3. The van der Waals surface area contributed by atoms with Gasteiger partial charge in [-0.2, -0.15) is 0 Å². The quantitative estimate of drug-likeness (QED) is 0.710. The van der Waals surface area contributed by atoms with E-state index in [1.165, 1.54) is 23.9 Å². The molecule has 25 heavy (non-hydrogen) atoms. The Morgan fingerprint density at radius 1 is 1.20 bits per heavy atom. The van der Waals surface area contributed by atoms with Gasteiger partial charge in [0.1, 0.15) is 18.2 Å². The number of nitrogens with one attached hydrogen (secondary N) is 1.